The molecule has 0 saturated carbocycles. The number of amides is 1. The summed E-state index contributed by atoms with van der Waals surface area (Å²) in [7, 11) is 0. The Morgan fingerprint density at radius 2 is 1.79 bits per heavy atom. The number of hydrogen-bond acceptors (Lipinski definition) is 7. The normalized spacial score (nSPS) is 10.9. The highest BCUT2D eigenvalue weighted by molar-refractivity contribution is 7.14. The van der Waals surface area contributed by atoms with Crippen molar-refractivity contribution in [3.05, 3.63) is 28.8 Å². The highest BCUT2D eigenvalue weighted by Crippen LogP contribution is 2.23. The summed E-state index contributed by atoms with van der Waals surface area (Å²) >= 11 is 1.17. The molecule has 0 fully saturated rings. The topological polar surface area (TPSA) is 111 Å². The van der Waals surface area contributed by atoms with Crippen molar-refractivity contribution in [3.8, 4) is 11.8 Å². The lowest BCUT2D eigenvalue weighted by molar-refractivity contribution is -0.136. The molecular formula is C19H25N3O5S. The van der Waals surface area contributed by atoms with E-state index in [1.54, 1.807) is 17.5 Å². The van der Waals surface area contributed by atoms with Crippen molar-refractivity contribution in [2.75, 3.05) is 5.32 Å². The third-order valence-electron chi connectivity index (χ3n) is 3.70. The minimum Gasteiger partial charge on any atom is -0.481 e. The number of anilines is 1. The van der Waals surface area contributed by atoms with E-state index in [2.05, 4.69) is 15.3 Å². The Balaban J connectivity index is 2.22. The van der Waals surface area contributed by atoms with Gasteiger partial charge in [-0.05, 0) is 26.7 Å². The first-order chi connectivity index (χ1) is 13.3. The lowest BCUT2D eigenvalue weighted by atomic mass is 10.2. The molecule has 0 atom stereocenters. The summed E-state index contributed by atoms with van der Waals surface area (Å²) in [6.45, 7) is 7.78. The maximum atomic E-state index is 12.7. The van der Waals surface area contributed by atoms with E-state index < -0.39 is 11.9 Å². The predicted molar refractivity (Wildman–Crippen MR) is 106 cm³/mol. The number of nitrogens with zero attached hydrogens (tertiary/aromatic N) is 2. The van der Waals surface area contributed by atoms with Gasteiger partial charge >= 0.3 is 5.97 Å². The SMILES string of the molecule is CCC(CC)Oc1cc(C(=O)Nc2nc(CC(=O)O)cs2)cc(OC(C)C)n1. The number of thiazole rings is 1. The zero-order valence-electron chi connectivity index (χ0n) is 16.4. The van der Waals surface area contributed by atoms with Crippen LogP contribution in [0.15, 0.2) is 17.5 Å². The van der Waals surface area contributed by atoms with E-state index in [4.69, 9.17) is 14.6 Å². The Morgan fingerprint density at radius 1 is 1.14 bits per heavy atom. The summed E-state index contributed by atoms with van der Waals surface area (Å²) in [5, 5.41) is 13.4. The first-order valence-corrected chi connectivity index (χ1v) is 10.0. The molecule has 2 aromatic heterocycles. The van der Waals surface area contributed by atoms with Crippen molar-refractivity contribution in [1.82, 2.24) is 9.97 Å². The van der Waals surface area contributed by atoms with E-state index in [1.165, 1.54) is 11.3 Å². The molecule has 0 aliphatic heterocycles. The van der Waals surface area contributed by atoms with Crippen molar-refractivity contribution in [1.29, 1.82) is 0 Å². The number of aliphatic carboxylic acids is 1. The lowest BCUT2D eigenvalue weighted by Gasteiger charge is -2.17. The highest BCUT2D eigenvalue weighted by atomic mass is 32.1. The maximum Gasteiger partial charge on any atom is 0.309 e. The molecule has 152 valence electrons. The van der Waals surface area contributed by atoms with E-state index in [0.29, 0.717) is 28.1 Å². The van der Waals surface area contributed by atoms with Gasteiger partial charge < -0.3 is 14.6 Å². The Labute approximate surface area is 167 Å². The number of carboxylic acid groups (broad SMARTS) is 1. The molecule has 28 heavy (non-hydrogen) atoms. The van der Waals surface area contributed by atoms with Crippen molar-refractivity contribution in [2.45, 2.75) is 59.2 Å². The second-order valence-electron chi connectivity index (χ2n) is 6.42. The van der Waals surface area contributed by atoms with Crippen molar-refractivity contribution in [2.24, 2.45) is 0 Å². The monoisotopic (exact) mass is 407 g/mol. The summed E-state index contributed by atoms with van der Waals surface area (Å²) in [4.78, 5) is 31.9. The van der Waals surface area contributed by atoms with Gasteiger partial charge in [0.1, 0.15) is 0 Å². The second kappa shape index (κ2) is 10.0. The molecule has 2 heterocycles. The number of ether oxygens (including phenoxy) is 2. The van der Waals surface area contributed by atoms with Crippen LogP contribution in [0.25, 0.3) is 0 Å². The van der Waals surface area contributed by atoms with Gasteiger partial charge in [0.05, 0.1) is 29.9 Å². The fourth-order valence-electron chi connectivity index (χ4n) is 2.37. The summed E-state index contributed by atoms with van der Waals surface area (Å²) < 4.78 is 11.5. The van der Waals surface area contributed by atoms with Gasteiger partial charge in [-0.15, -0.1) is 11.3 Å². The maximum absolute atomic E-state index is 12.7. The van der Waals surface area contributed by atoms with Gasteiger partial charge in [0, 0.05) is 17.5 Å². The molecule has 0 aromatic carbocycles. The Kier molecular flexibility index (Phi) is 7.74. The zero-order chi connectivity index (χ0) is 20.7. The van der Waals surface area contributed by atoms with E-state index >= 15 is 0 Å². The molecule has 0 aliphatic rings. The van der Waals surface area contributed by atoms with Gasteiger partial charge in [-0.3, -0.25) is 14.9 Å². The smallest absolute Gasteiger partial charge is 0.309 e. The molecule has 8 nitrogen and oxygen atoms in total. The third kappa shape index (κ3) is 6.49. The molecule has 0 aliphatic carbocycles. The molecule has 2 aromatic rings. The average molecular weight is 407 g/mol. The van der Waals surface area contributed by atoms with Crippen LogP contribution in [0.3, 0.4) is 0 Å². The zero-order valence-corrected chi connectivity index (χ0v) is 17.2. The number of hydrogen-bond donors (Lipinski definition) is 2. The van der Waals surface area contributed by atoms with Crippen LogP contribution in [0, 0.1) is 0 Å². The number of aromatic nitrogens is 2. The fraction of sp³-hybridized carbons (Fsp3) is 0.474. The summed E-state index contributed by atoms with van der Waals surface area (Å²) in [5.74, 6) is -0.755. The Bertz CT molecular complexity index is 818. The number of carboxylic acids is 1. The van der Waals surface area contributed by atoms with E-state index in [1.807, 2.05) is 27.7 Å². The van der Waals surface area contributed by atoms with Crippen LogP contribution >= 0.6 is 11.3 Å². The first kappa shape index (κ1) is 21.6. The van der Waals surface area contributed by atoms with Gasteiger partial charge in [0.15, 0.2) is 5.13 Å². The fourth-order valence-corrected chi connectivity index (χ4v) is 3.08. The minimum atomic E-state index is -0.976. The van der Waals surface area contributed by atoms with E-state index in [-0.39, 0.29) is 18.6 Å². The van der Waals surface area contributed by atoms with Crippen molar-refractivity contribution in [3.63, 3.8) is 0 Å². The van der Waals surface area contributed by atoms with Gasteiger partial charge in [-0.2, -0.15) is 4.98 Å². The van der Waals surface area contributed by atoms with E-state index in [9.17, 15) is 9.59 Å². The first-order valence-electron chi connectivity index (χ1n) is 9.13. The van der Waals surface area contributed by atoms with Crippen LogP contribution in [-0.2, 0) is 11.2 Å². The molecule has 0 saturated heterocycles. The van der Waals surface area contributed by atoms with Crippen LogP contribution in [0.1, 0.15) is 56.6 Å². The number of carbonyl (C=O) groups excluding carboxylic acids is 1. The summed E-state index contributed by atoms with van der Waals surface area (Å²) in [5.41, 5.74) is 0.714. The second-order valence-corrected chi connectivity index (χ2v) is 7.28. The molecule has 0 radical (unpaired) electrons. The Morgan fingerprint density at radius 3 is 2.36 bits per heavy atom. The molecule has 9 heteroatoms. The quantitative estimate of drug-likeness (QED) is 0.617. The molecule has 0 unspecified atom stereocenters. The average Bonchev–Trinajstić information content (AvgIpc) is 3.04. The Hall–Kier alpha value is -2.68. The molecule has 2 N–H and O–H groups in total. The predicted octanol–water partition coefficient (Wildman–Crippen LogP) is 3.77. The molecular weight excluding hydrogens is 382 g/mol. The largest absolute Gasteiger partial charge is 0.481 e. The van der Waals surface area contributed by atoms with Gasteiger partial charge in [-0.25, -0.2) is 4.98 Å². The van der Waals surface area contributed by atoms with Crippen molar-refractivity contribution < 1.29 is 24.2 Å². The lowest BCUT2D eigenvalue weighted by Crippen LogP contribution is -2.17. The summed E-state index contributed by atoms with van der Waals surface area (Å²) in [6, 6.07) is 3.10. The standard InChI is InChI=1S/C19H25N3O5S/c1-5-14(6-2)27-16-8-12(7-15(21-16)26-11(3)4)18(25)22-19-20-13(10-28-19)9-17(23)24/h7-8,10-11,14H,5-6,9H2,1-4H3,(H,23,24)(H,20,22,25). The van der Waals surface area contributed by atoms with Gasteiger partial charge in [0.25, 0.3) is 5.91 Å². The number of carbonyl (C=O) groups is 2. The minimum absolute atomic E-state index is 0.00440. The van der Waals surface area contributed by atoms with Gasteiger partial charge in [0.2, 0.25) is 11.8 Å². The van der Waals surface area contributed by atoms with Crippen LogP contribution in [-0.4, -0.2) is 39.2 Å². The molecule has 1 amide bonds. The van der Waals surface area contributed by atoms with Crippen LogP contribution in [0.4, 0.5) is 5.13 Å². The van der Waals surface area contributed by atoms with Crippen LogP contribution in [0.2, 0.25) is 0 Å². The summed E-state index contributed by atoms with van der Waals surface area (Å²) in [6.07, 6.45) is 1.34. The molecule has 0 bridgehead atoms. The van der Waals surface area contributed by atoms with Crippen LogP contribution in [0.5, 0.6) is 11.8 Å². The number of rotatable bonds is 10. The highest BCUT2D eigenvalue weighted by Gasteiger charge is 2.16. The van der Waals surface area contributed by atoms with Crippen LogP contribution < -0.4 is 14.8 Å². The van der Waals surface area contributed by atoms with E-state index in [0.717, 1.165) is 12.8 Å². The van der Waals surface area contributed by atoms with Crippen molar-refractivity contribution >= 4 is 28.3 Å². The molecule has 2 rings (SSSR count). The number of pyridine rings is 1. The third-order valence-corrected chi connectivity index (χ3v) is 4.51. The van der Waals surface area contributed by atoms with Gasteiger partial charge in [-0.1, -0.05) is 13.8 Å². The number of nitrogens with one attached hydrogen (secondary N) is 1. The molecule has 0 spiro atoms.